The Balaban J connectivity index is 1.46. The Morgan fingerprint density at radius 1 is 1.06 bits per heavy atom. The van der Waals surface area contributed by atoms with Crippen molar-refractivity contribution in [2.24, 2.45) is 0 Å². The molecule has 0 atom stereocenters. The van der Waals surface area contributed by atoms with Gasteiger partial charge in [-0.05, 0) is 44.5 Å². The summed E-state index contributed by atoms with van der Waals surface area (Å²) in [5.41, 5.74) is 2.51. The van der Waals surface area contributed by atoms with E-state index >= 15 is 0 Å². The van der Waals surface area contributed by atoms with Gasteiger partial charge in [-0.1, -0.05) is 29.8 Å². The molecule has 0 aliphatic rings. The van der Waals surface area contributed by atoms with Crippen LogP contribution >= 0.6 is 0 Å². The van der Waals surface area contributed by atoms with Crippen molar-refractivity contribution in [3.8, 4) is 11.5 Å². The Kier molecular flexibility index (Phi) is 5.62. The predicted molar refractivity (Wildman–Crippen MR) is 126 cm³/mol. The van der Waals surface area contributed by atoms with Gasteiger partial charge in [0.05, 0.1) is 29.9 Å². The molecular formula is C25H21F3N6O2. The quantitative estimate of drug-likeness (QED) is 0.352. The average Bonchev–Trinajstić information content (AvgIpc) is 3.56. The molecule has 0 fully saturated rings. The van der Waals surface area contributed by atoms with Gasteiger partial charge < -0.3 is 9.73 Å². The number of furan rings is 1. The summed E-state index contributed by atoms with van der Waals surface area (Å²) in [5, 5.41) is 11.2. The molecule has 0 radical (unpaired) electrons. The minimum absolute atomic E-state index is 0.0178. The zero-order valence-corrected chi connectivity index (χ0v) is 19.6. The summed E-state index contributed by atoms with van der Waals surface area (Å²) >= 11 is 0. The van der Waals surface area contributed by atoms with Gasteiger partial charge in [-0.15, -0.1) is 0 Å². The molecule has 36 heavy (non-hydrogen) atoms. The number of benzene rings is 1. The fourth-order valence-corrected chi connectivity index (χ4v) is 3.91. The minimum Gasteiger partial charge on any atom is -0.463 e. The lowest BCUT2D eigenvalue weighted by molar-refractivity contribution is -0.142. The molecule has 0 saturated carbocycles. The first-order chi connectivity index (χ1) is 17.1. The van der Waals surface area contributed by atoms with E-state index in [1.807, 2.05) is 38.1 Å². The zero-order chi connectivity index (χ0) is 25.6. The van der Waals surface area contributed by atoms with Gasteiger partial charge in [0.15, 0.2) is 22.8 Å². The highest BCUT2D eigenvalue weighted by Gasteiger charge is 2.36. The molecule has 0 aliphatic carbocycles. The van der Waals surface area contributed by atoms with E-state index in [9.17, 15) is 18.0 Å². The van der Waals surface area contributed by atoms with Crippen molar-refractivity contribution in [3.63, 3.8) is 0 Å². The maximum absolute atomic E-state index is 13.8. The third kappa shape index (κ3) is 4.35. The largest absolute Gasteiger partial charge is 0.463 e. The average molecular weight is 494 g/mol. The van der Waals surface area contributed by atoms with Gasteiger partial charge in [0.25, 0.3) is 5.91 Å². The second-order valence-corrected chi connectivity index (χ2v) is 8.44. The number of alkyl halides is 3. The highest BCUT2D eigenvalue weighted by atomic mass is 19.4. The van der Waals surface area contributed by atoms with Crippen molar-refractivity contribution in [1.29, 1.82) is 0 Å². The van der Waals surface area contributed by atoms with Gasteiger partial charge in [-0.3, -0.25) is 9.48 Å². The summed E-state index contributed by atoms with van der Waals surface area (Å²) in [6.07, 6.45) is -3.39. The summed E-state index contributed by atoms with van der Waals surface area (Å²) in [5.74, 6) is -0.503. The second-order valence-electron chi connectivity index (χ2n) is 8.44. The molecule has 0 aliphatic heterocycles. The molecule has 8 nitrogen and oxygen atoms in total. The number of carbonyl (C=O) groups is 1. The molecule has 5 rings (SSSR count). The van der Waals surface area contributed by atoms with Crippen molar-refractivity contribution in [2.75, 3.05) is 5.32 Å². The number of hydrogen-bond donors (Lipinski definition) is 1. The van der Waals surface area contributed by atoms with Crippen LogP contribution in [0.1, 0.15) is 38.7 Å². The van der Waals surface area contributed by atoms with E-state index in [1.165, 1.54) is 18.4 Å². The summed E-state index contributed by atoms with van der Waals surface area (Å²) in [4.78, 5) is 17.2. The molecule has 1 aromatic carbocycles. The third-order valence-corrected chi connectivity index (χ3v) is 5.80. The monoisotopic (exact) mass is 494 g/mol. The van der Waals surface area contributed by atoms with Crippen LogP contribution in [0.25, 0.3) is 17.1 Å². The highest BCUT2D eigenvalue weighted by molar-refractivity contribution is 6.04. The molecule has 0 spiro atoms. The first-order valence-electron chi connectivity index (χ1n) is 11.0. The van der Waals surface area contributed by atoms with Crippen LogP contribution in [0, 0.1) is 20.8 Å². The van der Waals surface area contributed by atoms with Crippen LogP contribution in [0.2, 0.25) is 0 Å². The van der Waals surface area contributed by atoms with Crippen molar-refractivity contribution in [2.45, 2.75) is 33.5 Å². The number of nitrogens with one attached hydrogen (secondary N) is 1. The molecule has 4 heterocycles. The van der Waals surface area contributed by atoms with Crippen molar-refractivity contribution in [1.82, 2.24) is 24.4 Å². The van der Waals surface area contributed by atoms with E-state index in [2.05, 4.69) is 20.5 Å². The minimum atomic E-state index is -4.73. The van der Waals surface area contributed by atoms with Gasteiger partial charge in [-0.2, -0.15) is 23.4 Å². The third-order valence-electron chi connectivity index (χ3n) is 5.80. The van der Waals surface area contributed by atoms with E-state index in [4.69, 9.17) is 4.42 Å². The second kappa shape index (κ2) is 8.67. The Morgan fingerprint density at radius 3 is 2.47 bits per heavy atom. The molecule has 184 valence electrons. The SMILES string of the molecule is Cc1ccc(Cn2nc(C)c(NC(=O)c3cc4nc(-c5ccco5)cc(C(F)(F)F)n4n3)c2C)cc1. The Hall–Kier alpha value is -4.41. The summed E-state index contributed by atoms with van der Waals surface area (Å²) < 4.78 is 48.9. The fraction of sp³-hybridized carbons (Fsp3) is 0.200. The number of halogens is 3. The fourth-order valence-electron chi connectivity index (χ4n) is 3.91. The summed E-state index contributed by atoms with van der Waals surface area (Å²) in [7, 11) is 0. The van der Waals surface area contributed by atoms with Gasteiger partial charge >= 0.3 is 6.18 Å². The number of carbonyl (C=O) groups excluding carboxylic acids is 1. The standard InChI is InChI=1S/C25H21F3N6O2/c1-14-6-8-17(9-7-14)13-33-16(3)23(15(2)31-33)30-24(35)19-12-22-29-18(20-5-4-10-36-20)11-21(25(26,27)28)34(22)32-19/h4-12H,13H2,1-3H3,(H,30,35). The van der Waals surface area contributed by atoms with Crippen LogP contribution in [-0.2, 0) is 12.7 Å². The van der Waals surface area contributed by atoms with Crippen LogP contribution in [0.15, 0.2) is 59.2 Å². The van der Waals surface area contributed by atoms with Crippen LogP contribution < -0.4 is 5.32 Å². The Bertz CT molecular complexity index is 1560. The van der Waals surface area contributed by atoms with E-state index < -0.39 is 17.8 Å². The summed E-state index contributed by atoms with van der Waals surface area (Å²) in [6.45, 7) is 6.07. The number of anilines is 1. The van der Waals surface area contributed by atoms with Gasteiger partial charge in [-0.25, -0.2) is 9.50 Å². The zero-order valence-electron chi connectivity index (χ0n) is 19.6. The molecule has 4 aromatic heterocycles. The Labute approximate surface area is 203 Å². The smallest absolute Gasteiger partial charge is 0.433 e. The van der Waals surface area contributed by atoms with Crippen LogP contribution in [0.5, 0.6) is 0 Å². The predicted octanol–water partition coefficient (Wildman–Crippen LogP) is 5.43. The van der Waals surface area contributed by atoms with Crippen molar-refractivity contribution in [3.05, 3.63) is 88.7 Å². The van der Waals surface area contributed by atoms with E-state index in [-0.39, 0.29) is 22.8 Å². The highest BCUT2D eigenvalue weighted by Crippen LogP contribution is 2.32. The topological polar surface area (TPSA) is 90.2 Å². The van der Waals surface area contributed by atoms with Crippen LogP contribution in [0.4, 0.5) is 18.9 Å². The van der Waals surface area contributed by atoms with E-state index in [0.29, 0.717) is 28.1 Å². The maximum atomic E-state index is 13.8. The number of aryl methyl sites for hydroxylation is 2. The number of amides is 1. The van der Waals surface area contributed by atoms with Crippen LogP contribution in [0.3, 0.4) is 0 Å². The van der Waals surface area contributed by atoms with Crippen LogP contribution in [-0.4, -0.2) is 30.3 Å². The van der Waals surface area contributed by atoms with E-state index in [1.54, 1.807) is 17.7 Å². The molecule has 5 aromatic rings. The first kappa shape index (κ1) is 23.3. The van der Waals surface area contributed by atoms with Gasteiger partial charge in [0, 0.05) is 6.07 Å². The lowest BCUT2D eigenvalue weighted by Gasteiger charge is -2.09. The first-order valence-corrected chi connectivity index (χ1v) is 11.0. The maximum Gasteiger partial charge on any atom is 0.433 e. The molecule has 0 bridgehead atoms. The lowest BCUT2D eigenvalue weighted by atomic mass is 10.1. The Morgan fingerprint density at radius 2 is 1.81 bits per heavy atom. The molecule has 0 saturated heterocycles. The summed E-state index contributed by atoms with van der Waals surface area (Å²) in [6, 6.07) is 13.1. The molecule has 1 amide bonds. The number of hydrogen-bond acceptors (Lipinski definition) is 5. The number of nitrogens with zero attached hydrogens (tertiary/aromatic N) is 5. The van der Waals surface area contributed by atoms with Crippen molar-refractivity contribution >= 4 is 17.2 Å². The van der Waals surface area contributed by atoms with Gasteiger partial charge in [0.2, 0.25) is 0 Å². The number of aromatic nitrogens is 5. The number of fused-ring (bicyclic) bond motifs is 1. The van der Waals surface area contributed by atoms with E-state index in [0.717, 1.165) is 17.2 Å². The number of rotatable bonds is 5. The lowest BCUT2D eigenvalue weighted by Crippen LogP contribution is -2.16. The molecule has 11 heteroatoms. The molecule has 0 unspecified atom stereocenters. The molecule has 1 N–H and O–H groups in total. The van der Waals surface area contributed by atoms with Crippen molar-refractivity contribution < 1.29 is 22.4 Å². The normalized spacial score (nSPS) is 11.8. The van der Waals surface area contributed by atoms with Gasteiger partial charge in [0.1, 0.15) is 5.69 Å². The molecular weight excluding hydrogens is 473 g/mol.